The maximum absolute atomic E-state index is 5.33. The zero-order chi connectivity index (χ0) is 11.1. The highest BCUT2D eigenvalue weighted by atomic mass is 16.5. The molecule has 0 unspecified atom stereocenters. The number of hydrogen-bond donors (Lipinski definition) is 0. The molecule has 0 amide bonds. The third kappa shape index (κ3) is 1.58. The number of fused-ring (bicyclic) bond motifs is 1. The van der Waals surface area contributed by atoms with Gasteiger partial charge in [0.05, 0.1) is 14.2 Å². The quantitative estimate of drug-likeness (QED) is 0.740. The Morgan fingerprint density at radius 3 is 2.27 bits per heavy atom. The molecule has 15 heavy (non-hydrogen) atoms. The molecule has 2 rings (SSSR count). The molecule has 2 heteroatoms. The third-order valence-corrected chi connectivity index (χ3v) is 3.36. The minimum atomic E-state index is 0.273. The number of rotatable bonds is 2. The van der Waals surface area contributed by atoms with Crippen molar-refractivity contribution in [3.05, 3.63) is 23.3 Å². The van der Waals surface area contributed by atoms with Crippen LogP contribution >= 0.6 is 0 Å². The number of hydrogen-bond acceptors (Lipinski definition) is 2. The van der Waals surface area contributed by atoms with Gasteiger partial charge in [0, 0.05) is 0 Å². The Balaban J connectivity index is 2.54. The summed E-state index contributed by atoms with van der Waals surface area (Å²) in [6.45, 7) is 4.56. The minimum absolute atomic E-state index is 0.273. The van der Waals surface area contributed by atoms with E-state index in [2.05, 4.69) is 26.0 Å². The van der Waals surface area contributed by atoms with Crippen LogP contribution in [0.3, 0.4) is 0 Å². The molecule has 0 saturated carbocycles. The van der Waals surface area contributed by atoms with Crippen LogP contribution in [0.1, 0.15) is 31.4 Å². The van der Waals surface area contributed by atoms with E-state index in [0.717, 1.165) is 17.9 Å². The van der Waals surface area contributed by atoms with Crippen molar-refractivity contribution < 1.29 is 9.47 Å². The SMILES string of the molecule is COc1cc2c(cc1OC)C(C)(C)CC2. The minimum Gasteiger partial charge on any atom is -0.493 e. The Labute approximate surface area is 91.2 Å². The molecule has 82 valence electrons. The van der Waals surface area contributed by atoms with Gasteiger partial charge in [0.1, 0.15) is 0 Å². The summed E-state index contributed by atoms with van der Waals surface area (Å²) in [5.41, 5.74) is 3.08. The summed E-state index contributed by atoms with van der Waals surface area (Å²) in [4.78, 5) is 0. The van der Waals surface area contributed by atoms with E-state index in [1.165, 1.54) is 17.5 Å². The zero-order valence-corrected chi connectivity index (χ0v) is 9.89. The van der Waals surface area contributed by atoms with Crippen molar-refractivity contribution in [3.8, 4) is 11.5 Å². The molecule has 0 aliphatic heterocycles. The number of aryl methyl sites for hydroxylation is 1. The monoisotopic (exact) mass is 206 g/mol. The van der Waals surface area contributed by atoms with E-state index in [9.17, 15) is 0 Å². The summed E-state index contributed by atoms with van der Waals surface area (Å²) < 4.78 is 10.6. The van der Waals surface area contributed by atoms with Crippen molar-refractivity contribution in [1.82, 2.24) is 0 Å². The van der Waals surface area contributed by atoms with Crippen molar-refractivity contribution in [2.24, 2.45) is 0 Å². The summed E-state index contributed by atoms with van der Waals surface area (Å²) in [5.74, 6) is 1.68. The van der Waals surface area contributed by atoms with Crippen molar-refractivity contribution >= 4 is 0 Å². The maximum Gasteiger partial charge on any atom is 0.161 e. The third-order valence-electron chi connectivity index (χ3n) is 3.36. The van der Waals surface area contributed by atoms with Gasteiger partial charge in [0.15, 0.2) is 11.5 Å². The standard InChI is InChI=1S/C13H18O2/c1-13(2)6-5-9-7-11(14-3)12(15-4)8-10(9)13/h7-8H,5-6H2,1-4H3. The lowest BCUT2D eigenvalue weighted by molar-refractivity contribution is 0.353. The molecule has 2 nitrogen and oxygen atoms in total. The molecule has 0 aromatic heterocycles. The smallest absolute Gasteiger partial charge is 0.161 e. The predicted octanol–water partition coefficient (Wildman–Crippen LogP) is 2.93. The molecule has 0 fully saturated rings. The summed E-state index contributed by atoms with van der Waals surface area (Å²) in [5, 5.41) is 0. The number of ether oxygens (including phenoxy) is 2. The van der Waals surface area contributed by atoms with Crippen LogP contribution in [0.4, 0.5) is 0 Å². The van der Waals surface area contributed by atoms with Crippen LogP contribution in [0.25, 0.3) is 0 Å². The Hall–Kier alpha value is -1.18. The summed E-state index contributed by atoms with van der Waals surface area (Å²) in [7, 11) is 3.37. The van der Waals surface area contributed by atoms with E-state index in [-0.39, 0.29) is 5.41 Å². The fraction of sp³-hybridized carbons (Fsp3) is 0.538. The zero-order valence-electron chi connectivity index (χ0n) is 9.89. The Kier molecular flexibility index (Phi) is 2.37. The van der Waals surface area contributed by atoms with Crippen molar-refractivity contribution in [1.29, 1.82) is 0 Å². The lowest BCUT2D eigenvalue weighted by atomic mass is 9.86. The van der Waals surface area contributed by atoms with E-state index in [4.69, 9.17) is 9.47 Å². The molecule has 0 bridgehead atoms. The van der Waals surface area contributed by atoms with Gasteiger partial charge in [-0.2, -0.15) is 0 Å². The second-order valence-corrected chi connectivity index (χ2v) is 4.75. The first-order valence-electron chi connectivity index (χ1n) is 5.34. The van der Waals surface area contributed by atoms with Gasteiger partial charge in [0.2, 0.25) is 0 Å². The van der Waals surface area contributed by atoms with Crippen LogP contribution < -0.4 is 9.47 Å². The van der Waals surface area contributed by atoms with E-state index in [1.807, 2.05) is 0 Å². The molecule has 0 atom stereocenters. The molecule has 1 aromatic carbocycles. The first-order chi connectivity index (χ1) is 7.08. The van der Waals surface area contributed by atoms with E-state index < -0.39 is 0 Å². The van der Waals surface area contributed by atoms with E-state index in [1.54, 1.807) is 14.2 Å². The highest BCUT2D eigenvalue weighted by Crippen LogP contribution is 2.43. The van der Waals surface area contributed by atoms with Gasteiger partial charge in [-0.3, -0.25) is 0 Å². The van der Waals surface area contributed by atoms with Crippen LogP contribution in [-0.4, -0.2) is 14.2 Å². The molecule has 0 saturated heterocycles. The normalized spacial score (nSPS) is 17.3. The maximum atomic E-state index is 5.33. The van der Waals surface area contributed by atoms with Crippen LogP contribution in [0.2, 0.25) is 0 Å². The van der Waals surface area contributed by atoms with Gasteiger partial charge >= 0.3 is 0 Å². The van der Waals surface area contributed by atoms with Crippen LogP contribution in [0, 0.1) is 0 Å². The van der Waals surface area contributed by atoms with Crippen molar-refractivity contribution in [2.45, 2.75) is 32.1 Å². The van der Waals surface area contributed by atoms with Gasteiger partial charge < -0.3 is 9.47 Å². The van der Waals surface area contributed by atoms with Gasteiger partial charge in [-0.25, -0.2) is 0 Å². The second-order valence-electron chi connectivity index (χ2n) is 4.75. The fourth-order valence-corrected chi connectivity index (χ4v) is 2.34. The summed E-state index contributed by atoms with van der Waals surface area (Å²) >= 11 is 0. The van der Waals surface area contributed by atoms with E-state index >= 15 is 0 Å². The fourth-order valence-electron chi connectivity index (χ4n) is 2.34. The lowest BCUT2D eigenvalue weighted by Crippen LogP contribution is -2.11. The van der Waals surface area contributed by atoms with Crippen molar-refractivity contribution in [3.63, 3.8) is 0 Å². The Bertz CT molecular complexity index is 380. The molecule has 0 N–H and O–H groups in total. The second kappa shape index (κ2) is 3.44. The Morgan fingerprint density at radius 2 is 1.67 bits per heavy atom. The first-order valence-corrected chi connectivity index (χ1v) is 5.34. The summed E-state index contributed by atoms with van der Waals surface area (Å²) in [6.07, 6.45) is 2.35. The van der Waals surface area contributed by atoms with Gasteiger partial charge in [-0.15, -0.1) is 0 Å². The van der Waals surface area contributed by atoms with Crippen LogP contribution in [-0.2, 0) is 11.8 Å². The van der Waals surface area contributed by atoms with Crippen LogP contribution in [0.15, 0.2) is 12.1 Å². The topological polar surface area (TPSA) is 18.5 Å². The van der Waals surface area contributed by atoms with E-state index in [0.29, 0.717) is 0 Å². The highest BCUT2D eigenvalue weighted by Gasteiger charge is 2.31. The average molecular weight is 206 g/mol. The molecule has 0 radical (unpaired) electrons. The van der Waals surface area contributed by atoms with Gasteiger partial charge in [-0.1, -0.05) is 13.8 Å². The number of benzene rings is 1. The Morgan fingerprint density at radius 1 is 1.07 bits per heavy atom. The number of methoxy groups -OCH3 is 2. The molecule has 1 aromatic rings. The molecule has 0 heterocycles. The highest BCUT2D eigenvalue weighted by molar-refractivity contribution is 5.51. The summed E-state index contributed by atoms with van der Waals surface area (Å²) in [6, 6.07) is 4.24. The largest absolute Gasteiger partial charge is 0.493 e. The first kappa shape index (κ1) is 10.3. The lowest BCUT2D eigenvalue weighted by Gasteiger charge is -2.20. The molecular weight excluding hydrogens is 188 g/mol. The molecular formula is C13H18O2. The predicted molar refractivity (Wildman–Crippen MR) is 60.9 cm³/mol. The van der Waals surface area contributed by atoms with Crippen molar-refractivity contribution in [2.75, 3.05) is 14.2 Å². The molecule has 1 aliphatic carbocycles. The van der Waals surface area contributed by atoms with Gasteiger partial charge in [-0.05, 0) is 41.5 Å². The molecule has 0 spiro atoms. The van der Waals surface area contributed by atoms with Crippen LogP contribution in [0.5, 0.6) is 11.5 Å². The van der Waals surface area contributed by atoms with Gasteiger partial charge in [0.25, 0.3) is 0 Å². The average Bonchev–Trinajstić information content (AvgIpc) is 2.52. The molecule has 1 aliphatic rings.